The third kappa shape index (κ3) is 14.2. The summed E-state index contributed by atoms with van der Waals surface area (Å²) in [6.07, 6.45) is 3.82. The molecule has 0 bridgehead atoms. The highest BCUT2D eigenvalue weighted by Crippen LogP contribution is 2.36. The summed E-state index contributed by atoms with van der Waals surface area (Å²) in [7, 11) is 0. The van der Waals surface area contributed by atoms with Crippen molar-refractivity contribution in [2.45, 2.75) is 97.6 Å². The van der Waals surface area contributed by atoms with Crippen LogP contribution >= 0.6 is 0 Å². The Morgan fingerprint density at radius 3 is 2.10 bits per heavy atom. The molecule has 1 heterocycles. The zero-order valence-corrected chi connectivity index (χ0v) is 30.7. The first-order chi connectivity index (χ1) is 24.7. The van der Waals surface area contributed by atoms with E-state index in [9.17, 15) is 38.4 Å². The molecule has 1 aliphatic carbocycles. The number of carbonyl (C=O) groups is 8. The van der Waals surface area contributed by atoms with Crippen LogP contribution in [0.25, 0.3) is 0 Å². The maximum atomic E-state index is 13.0. The molecule has 5 N–H and O–H groups in total. The van der Waals surface area contributed by atoms with Gasteiger partial charge in [0.05, 0.1) is 25.6 Å². The highest BCUT2D eigenvalue weighted by atomic mass is 16.5. The molecule has 3 rings (SSSR count). The van der Waals surface area contributed by atoms with Crippen LogP contribution in [0.4, 0.5) is 0 Å². The minimum Gasteiger partial charge on any atom is -0.350 e. The Balaban J connectivity index is 1.34. The number of carbonyl (C=O) groups excluding carboxylic acids is 8. The number of imide groups is 1. The Morgan fingerprint density at radius 1 is 0.827 bits per heavy atom. The van der Waals surface area contributed by atoms with Crippen LogP contribution in [0, 0.1) is 17.3 Å². The van der Waals surface area contributed by atoms with Gasteiger partial charge in [-0.2, -0.15) is 0 Å². The van der Waals surface area contributed by atoms with Crippen LogP contribution in [0.5, 0.6) is 0 Å². The number of Topliss-reactive ketones (excluding diaryl/α,β-unsaturated/α-hetero) is 1. The largest absolute Gasteiger partial charge is 0.350 e. The van der Waals surface area contributed by atoms with Gasteiger partial charge in [-0.25, -0.2) is 0 Å². The Bertz CT molecular complexity index is 1440. The van der Waals surface area contributed by atoms with Crippen LogP contribution in [0.3, 0.4) is 0 Å². The molecule has 1 aromatic rings. The average molecular weight is 727 g/mol. The maximum absolute atomic E-state index is 13.0. The third-order valence-electron chi connectivity index (χ3n) is 9.07. The topological polar surface area (TPSA) is 209 Å². The molecule has 286 valence electrons. The van der Waals surface area contributed by atoms with Crippen molar-refractivity contribution in [3.8, 4) is 0 Å². The third-order valence-corrected chi connectivity index (χ3v) is 9.07. The van der Waals surface area contributed by atoms with E-state index < -0.39 is 42.3 Å². The molecule has 15 heteroatoms. The lowest BCUT2D eigenvalue weighted by Gasteiger charge is -2.24. The normalized spacial score (nSPS) is 16.8. The number of ketones is 1. The minimum atomic E-state index is -1.06. The molecule has 15 nitrogen and oxygen atoms in total. The van der Waals surface area contributed by atoms with Crippen LogP contribution < -0.4 is 26.6 Å². The first-order valence-corrected chi connectivity index (χ1v) is 18.1. The van der Waals surface area contributed by atoms with Gasteiger partial charge in [0.15, 0.2) is 5.78 Å². The fraction of sp³-hybridized carbons (Fsp3) is 0.622. The van der Waals surface area contributed by atoms with Gasteiger partial charge in [0.2, 0.25) is 41.4 Å². The van der Waals surface area contributed by atoms with Crippen molar-refractivity contribution in [2.24, 2.45) is 17.3 Å². The quantitative estimate of drug-likeness (QED) is 0.0652. The number of ether oxygens (including phenoxy) is 1. The molecule has 1 saturated carbocycles. The van der Waals surface area contributed by atoms with Crippen molar-refractivity contribution in [1.29, 1.82) is 0 Å². The van der Waals surface area contributed by atoms with Gasteiger partial charge in [-0.05, 0) is 42.6 Å². The highest BCUT2D eigenvalue weighted by molar-refractivity contribution is 6.03. The fourth-order valence-corrected chi connectivity index (χ4v) is 5.80. The molecule has 52 heavy (non-hydrogen) atoms. The molecular weight excluding hydrogens is 672 g/mol. The lowest BCUT2D eigenvalue weighted by atomic mass is 9.80. The van der Waals surface area contributed by atoms with Crippen LogP contribution in [-0.4, -0.2) is 97.1 Å². The Morgan fingerprint density at radius 2 is 1.46 bits per heavy atom. The number of benzene rings is 1. The Kier molecular flexibility index (Phi) is 16.4. The summed E-state index contributed by atoms with van der Waals surface area (Å²) < 4.78 is 5.58. The molecular formula is C37H54N6O9. The van der Waals surface area contributed by atoms with Crippen molar-refractivity contribution < 1.29 is 43.1 Å². The molecule has 1 unspecified atom stereocenters. The predicted octanol–water partition coefficient (Wildman–Crippen LogP) is 0.892. The van der Waals surface area contributed by atoms with E-state index in [2.05, 4.69) is 26.6 Å². The van der Waals surface area contributed by atoms with Crippen molar-refractivity contribution >= 4 is 47.1 Å². The smallest absolute Gasteiger partial charge is 0.243 e. The lowest BCUT2D eigenvalue weighted by molar-refractivity contribution is -0.140. The summed E-state index contributed by atoms with van der Waals surface area (Å²) in [6, 6.07) is 7.89. The number of hydrogen-bond acceptors (Lipinski definition) is 9. The molecule has 0 spiro atoms. The standard InChI is InChI=1S/C37H54N6O9/c1-5-28(44)34(25-15-16-25)52-23-41-31(47)21-40-35(50)27(18-24-12-8-6-9-13-24)42-32(48)22-39-30(46)20-38-29(45)14-10-7-11-17-43-33(49)19-26(36(43)51)37(2,3)4/h6,8-9,12-13,25-27,34H,5,7,10-11,14-23H2,1-4H3,(H,38,45)(H,39,46)(H,40,50)(H,41,47)(H,42,48)/t26?,27-,34+/m0/s1. The van der Waals surface area contributed by atoms with E-state index in [0.29, 0.717) is 32.2 Å². The molecule has 2 fully saturated rings. The fourth-order valence-electron chi connectivity index (χ4n) is 5.80. The number of nitrogens with one attached hydrogen (secondary N) is 5. The van der Waals surface area contributed by atoms with E-state index in [1.807, 2.05) is 26.8 Å². The first-order valence-electron chi connectivity index (χ1n) is 18.1. The number of amides is 7. The van der Waals surface area contributed by atoms with Gasteiger partial charge in [0.1, 0.15) is 18.9 Å². The summed E-state index contributed by atoms with van der Waals surface area (Å²) >= 11 is 0. The Labute approximate surface area is 305 Å². The second-order valence-corrected chi connectivity index (χ2v) is 14.4. The van der Waals surface area contributed by atoms with Crippen LogP contribution in [0.2, 0.25) is 0 Å². The minimum absolute atomic E-state index is 0.0173. The summed E-state index contributed by atoms with van der Waals surface area (Å²) in [5, 5.41) is 12.5. The summed E-state index contributed by atoms with van der Waals surface area (Å²) in [4.78, 5) is 101. The van der Waals surface area contributed by atoms with E-state index >= 15 is 0 Å². The molecule has 0 radical (unpaired) electrons. The summed E-state index contributed by atoms with van der Waals surface area (Å²) in [5.74, 6) is -3.22. The predicted molar refractivity (Wildman–Crippen MR) is 190 cm³/mol. The number of nitrogens with zero attached hydrogens (tertiary/aromatic N) is 1. The van der Waals surface area contributed by atoms with E-state index in [4.69, 9.17) is 4.74 Å². The highest BCUT2D eigenvalue weighted by Gasteiger charge is 2.44. The summed E-state index contributed by atoms with van der Waals surface area (Å²) in [5.41, 5.74) is 0.471. The zero-order chi connectivity index (χ0) is 38.3. The van der Waals surface area contributed by atoms with Gasteiger partial charge >= 0.3 is 0 Å². The van der Waals surface area contributed by atoms with Crippen LogP contribution in [0.15, 0.2) is 30.3 Å². The molecule has 3 atom stereocenters. The molecule has 1 aromatic carbocycles. The number of unbranched alkanes of at least 4 members (excludes halogenated alkanes) is 2. The molecule has 7 amide bonds. The second-order valence-electron chi connectivity index (χ2n) is 14.4. The summed E-state index contributed by atoms with van der Waals surface area (Å²) in [6.45, 7) is 6.55. The van der Waals surface area contributed by atoms with Gasteiger partial charge in [-0.1, -0.05) is 64.4 Å². The number of rotatable bonds is 22. The van der Waals surface area contributed by atoms with E-state index in [-0.39, 0.29) is 79.8 Å². The molecule has 0 aromatic heterocycles. The van der Waals surface area contributed by atoms with Gasteiger partial charge in [-0.15, -0.1) is 0 Å². The van der Waals surface area contributed by atoms with E-state index in [1.54, 1.807) is 31.2 Å². The Hall–Kier alpha value is -4.66. The van der Waals surface area contributed by atoms with Crippen molar-refractivity contribution in [2.75, 3.05) is 32.9 Å². The molecule has 2 aliphatic rings. The SMILES string of the molecule is CCC(=O)[C@H](OCNC(=O)CNC(=O)[C@H](Cc1ccccc1)NC(=O)CNC(=O)CNC(=O)CCCCCN1C(=O)CC(C(C)(C)C)C1=O)C1CC1. The van der Waals surface area contributed by atoms with Gasteiger partial charge in [-0.3, -0.25) is 43.3 Å². The monoisotopic (exact) mass is 726 g/mol. The molecule has 1 saturated heterocycles. The van der Waals surface area contributed by atoms with Crippen LogP contribution in [-0.2, 0) is 49.5 Å². The van der Waals surface area contributed by atoms with Crippen molar-refractivity contribution in [3.05, 3.63) is 35.9 Å². The zero-order valence-electron chi connectivity index (χ0n) is 30.7. The van der Waals surface area contributed by atoms with Gasteiger partial charge < -0.3 is 31.3 Å². The van der Waals surface area contributed by atoms with Crippen LogP contribution in [0.1, 0.15) is 84.6 Å². The lowest BCUT2D eigenvalue weighted by Crippen LogP contribution is -2.52. The number of hydrogen-bond donors (Lipinski definition) is 5. The maximum Gasteiger partial charge on any atom is 0.243 e. The average Bonchev–Trinajstić information content (AvgIpc) is 3.90. The second kappa shape index (κ2) is 20.4. The molecule has 1 aliphatic heterocycles. The van der Waals surface area contributed by atoms with Gasteiger partial charge in [0.25, 0.3) is 0 Å². The number of likely N-dealkylation sites (tertiary alicyclic amines) is 1. The van der Waals surface area contributed by atoms with E-state index in [1.165, 1.54) is 4.90 Å². The first kappa shape index (κ1) is 41.8. The van der Waals surface area contributed by atoms with Gasteiger partial charge in [0, 0.05) is 32.2 Å². The van der Waals surface area contributed by atoms with E-state index in [0.717, 1.165) is 18.4 Å². The van der Waals surface area contributed by atoms with Crippen molar-refractivity contribution in [3.63, 3.8) is 0 Å². The van der Waals surface area contributed by atoms with Crippen molar-refractivity contribution in [1.82, 2.24) is 31.5 Å².